The van der Waals surface area contributed by atoms with Crippen LogP contribution in [-0.2, 0) is 16.0 Å². The SMILES string of the molecule is O=C1Cc2cc(NC3[C@@H](O)OC(CO)[C@H](O)[C@H]3O)ccc2C(C(F)(F)F)=C1c1ccccc1. The molecule has 0 saturated carbocycles. The van der Waals surface area contributed by atoms with E-state index in [-0.39, 0.29) is 34.4 Å². The summed E-state index contributed by atoms with van der Waals surface area (Å²) in [5, 5.41) is 42.4. The Morgan fingerprint density at radius 2 is 1.73 bits per heavy atom. The Balaban J connectivity index is 1.71. The van der Waals surface area contributed by atoms with Gasteiger partial charge in [0.05, 0.1) is 12.2 Å². The van der Waals surface area contributed by atoms with Gasteiger partial charge in [-0.2, -0.15) is 13.2 Å². The first-order valence-corrected chi connectivity index (χ1v) is 10.2. The van der Waals surface area contributed by atoms with Crippen LogP contribution in [0.3, 0.4) is 0 Å². The van der Waals surface area contributed by atoms with Gasteiger partial charge < -0.3 is 30.5 Å². The van der Waals surface area contributed by atoms with Crippen molar-refractivity contribution in [2.75, 3.05) is 11.9 Å². The molecule has 1 heterocycles. The molecule has 10 heteroatoms. The minimum Gasteiger partial charge on any atom is -0.394 e. The van der Waals surface area contributed by atoms with Crippen molar-refractivity contribution in [3.05, 3.63) is 65.2 Å². The summed E-state index contributed by atoms with van der Waals surface area (Å²) in [6.45, 7) is -0.626. The minimum atomic E-state index is -4.78. The predicted octanol–water partition coefficient (Wildman–Crippen LogP) is 1.50. The molecule has 1 aliphatic heterocycles. The van der Waals surface area contributed by atoms with Crippen LogP contribution in [0.2, 0.25) is 0 Å². The van der Waals surface area contributed by atoms with E-state index >= 15 is 0 Å². The first-order chi connectivity index (χ1) is 15.6. The van der Waals surface area contributed by atoms with Gasteiger partial charge >= 0.3 is 6.18 Å². The number of nitrogens with one attached hydrogen (secondary N) is 1. The molecule has 1 fully saturated rings. The zero-order valence-electron chi connectivity index (χ0n) is 17.2. The van der Waals surface area contributed by atoms with Gasteiger partial charge in [0.1, 0.15) is 24.4 Å². The molecular formula is C23H22F3NO6. The molecule has 7 nitrogen and oxygen atoms in total. The summed E-state index contributed by atoms with van der Waals surface area (Å²) in [6, 6.07) is 10.3. The van der Waals surface area contributed by atoms with Gasteiger partial charge in [0.25, 0.3) is 0 Å². The normalized spacial score (nSPS) is 28.0. The molecule has 2 aliphatic rings. The van der Waals surface area contributed by atoms with Gasteiger partial charge in [0.2, 0.25) is 0 Å². The Morgan fingerprint density at radius 3 is 2.36 bits per heavy atom. The molecular weight excluding hydrogens is 443 g/mol. The smallest absolute Gasteiger partial charge is 0.394 e. The molecule has 5 N–H and O–H groups in total. The number of ether oxygens (including phenoxy) is 1. The van der Waals surface area contributed by atoms with Crippen LogP contribution in [0.1, 0.15) is 16.7 Å². The number of hydrogen-bond donors (Lipinski definition) is 5. The van der Waals surface area contributed by atoms with Crippen LogP contribution in [0.15, 0.2) is 48.5 Å². The molecule has 1 aliphatic carbocycles. The lowest BCUT2D eigenvalue weighted by Gasteiger charge is -2.40. The van der Waals surface area contributed by atoms with Crippen molar-refractivity contribution in [3.8, 4) is 0 Å². The van der Waals surface area contributed by atoms with E-state index in [9.17, 15) is 33.3 Å². The Bertz CT molecular complexity index is 1070. The quantitative estimate of drug-likeness (QED) is 0.464. The highest BCUT2D eigenvalue weighted by atomic mass is 19.4. The van der Waals surface area contributed by atoms with Crippen molar-refractivity contribution in [1.82, 2.24) is 0 Å². The van der Waals surface area contributed by atoms with E-state index in [0.717, 1.165) is 0 Å². The maximum Gasteiger partial charge on any atom is 0.417 e. The van der Waals surface area contributed by atoms with Gasteiger partial charge in [-0.05, 0) is 28.8 Å². The van der Waals surface area contributed by atoms with E-state index in [4.69, 9.17) is 9.84 Å². The van der Waals surface area contributed by atoms with Crippen LogP contribution in [0.4, 0.5) is 18.9 Å². The van der Waals surface area contributed by atoms with Crippen LogP contribution in [-0.4, -0.2) is 69.6 Å². The molecule has 2 unspecified atom stereocenters. The number of carbonyl (C=O) groups excluding carboxylic acids is 1. The maximum atomic E-state index is 14.1. The zero-order chi connectivity index (χ0) is 23.9. The number of ketones is 1. The largest absolute Gasteiger partial charge is 0.417 e. The Morgan fingerprint density at radius 1 is 1.03 bits per heavy atom. The van der Waals surface area contributed by atoms with E-state index in [0.29, 0.717) is 0 Å². The second-order valence-electron chi connectivity index (χ2n) is 7.98. The molecule has 2 aromatic carbocycles. The summed E-state index contributed by atoms with van der Waals surface area (Å²) in [7, 11) is 0. The van der Waals surface area contributed by atoms with E-state index < -0.39 is 54.8 Å². The maximum absolute atomic E-state index is 14.1. The third kappa shape index (κ3) is 4.40. The van der Waals surface area contributed by atoms with Crippen LogP contribution >= 0.6 is 0 Å². The topological polar surface area (TPSA) is 119 Å². The zero-order valence-corrected chi connectivity index (χ0v) is 17.2. The molecule has 5 atom stereocenters. The number of rotatable bonds is 4. The number of fused-ring (bicyclic) bond motifs is 1. The van der Waals surface area contributed by atoms with Crippen molar-refractivity contribution in [2.45, 2.75) is 43.2 Å². The fourth-order valence-electron chi connectivity index (χ4n) is 4.26. The number of anilines is 1. The van der Waals surface area contributed by atoms with Crippen molar-refractivity contribution < 1.29 is 43.1 Å². The molecule has 2 aromatic rings. The van der Waals surface area contributed by atoms with Crippen molar-refractivity contribution >= 4 is 22.6 Å². The monoisotopic (exact) mass is 465 g/mol. The summed E-state index contributed by atoms with van der Waals surface area (Å²) < 4.78 is 47.3. The predicted molar refractivity (Wildman–Crippen MR) is 112 cm³/mol. The highest BCUT2D eigenvalue weighted by Gasteiger charge is 2.45. The summed E-state index contributed by atoms with van der Waals surface area (Å²) in [5.74, 6) is -0.680. The number of alkyl halides is 3. The molecule has 0 amide bonds. The molecule has 0 spiro atoms. The van der Waals surface area contributed by atoms with Crippen LogP contribution in [0.5, 0.6) is 0 Å². The molecule has 1 saturated heterocycles. The van der Waals surface area contributed by atoms with Gasteiger partial charge in [-0.25, -0.2) is 0 Å². The average Bonchev–Trinajstić information content (AvgIpc) is 2.78. The Hall–Kier alpha value is -2.76. The number of Topliss-reactive ketones (excluding diaryl/α,β-unsaturated/α-hetero) is 1. The number of halogens is 3. The Kier molecular flexibility index (Phi) is 6.30. The van der Waals surface area contributed by atoms with E-state index in [1.54, 1.807) is 18.2 Å². The first-order valence-electron chi connectivity index (χ1n) is 10.2. The third-order valence-corrected chi connectivity index (χ3v) is 5.83. The summed E-state index contributed by atoms with van der Waals surface area (Å²) in [6.07, 6.45) is -10.9. The summed E-state index contributed by atoms with van der Waals surface area (Å²) in [4.78, 5) is 12.8. The standard InChI is InChI=1S/C23H22F3NO6/c24-23(25,26)18-14-7-6-13(27-19-21(31)20(30)16(10-28)33-22(19)32)8-12(14)9-15(29)17(18)11-4-2-1-3-5-11/h1-8,16,19-22,27-28,30-32H,9-10H2/t16?,19?,20-,21-,22-/m0/s1. The number of aliphatic hydroxyl groups is 4. The average molecular weight is 465 g/mol. The van der Waals surface area contributed by atoms with Crippen LogP contribution in [0.25, 0.3) is 11.1 Å². The van der Waals surface area contributed by atoms with Gasteiger partial charge in [-0.3, -0.25) is 4.79 Å². The second-order valence-corrected chi connectivity index (χ2v) is 7.98. The summed E-state index contributed by atoms with van der Waals surface area (Å²) in [5.41, 5.74) is -1.01. The van der Waals surface area contributed by atoms with Crippen LogP contribution in [0, 0.1) is 0 Å². The molecule has 0 aromatic heterocycles. The minimum absolute atomic E-state index is 0.131. The molecule has 33 heavy (non-hydrogen) atoms. The highest BCUT2D eigenvalue weighted by Crippen LogP contribution is 2.45. The molecule has 4 rings (SSSR count). The molecule has 0 bridgehead atoms. The van der Waals surface area contributed by atoms with Gasteiger partial charge in [0, 0.05) is 17.7 Å². The number of benzene rings is 2. The van der Waals surface area contributed by atoms with Gasteiger partial charge in [0.15, 0.2) is 12.1 Å². The Labute approximate surface area is 186 Å². The lowest BCUT2D eigenvalue weighted by atomic mass is 9.81. The lowest BCUT2D eigenvalue weighted by molar-refractivity contribution is -0.245. The van der Waals surface area contributed by atoms with E-state index in [1.807, 2.05) is 0 Å². The number of allylic oxidation sites excluding steroid dienone is 2. The summed E-state index contributed by atoms with van der Waals surface area (Å²) >= 11 is 0. The van der Waals surface area contributed by atoms with Gasteiger partial charge in [-0.15, -0.1) is 0 Å². The highest BCUT2D eigenvalue weighted by molar-refractivity contribution is 6.31. The van der Waals surface area contributed by atoms with Crippen LogP contribution < -0.4 is 5.32 Å². The second kappa shape index (κ2) is 8.88. The van der Waals surface area contributed by atoms with Crippen molar-refractivity contribution in [2.24, 2.45) is 0 Å². The van der Waals surface area contributed by atoms with Crippen molar-refractivity contribution in [3.63, 3.8) is 0 Å². The first kappa shape index (κ1) is 23.4. The van der Waals surface area contributed by atoms with E-state index in [2.05, 4.69) is 5.32 Å². The number of aliphatic hydroxyl groups excluding tert-OH is 4. The van der Waals surface area contributed by atoms with Crippen molar-refractivity contribution in [1.29, 1.82) is 0 Å². The molecule has 176 valence electrons. The fraction of sp³-hybridized carbons (Fsp3) is 0.348. The number of carbonyl (C=O) groups is 1. The van der Waals surface area contributed by atoms with E-state index in [1.165, 1.54) is 30.3 Å². The third-order valence-electron chi connectivity index (χ3n) is 5.83. The fourth-order valence-corrected chi connectivity index (χ4v) is 4.26. The molecule has 0 radical (unpaired) electrons. The van der Waals surface area contributed by atoms with Gasteiger partial charge in [-0.1, -0.05) is 36.4 Å². The number of hydrogen-bond acceptors (Lipinski definition) is 7. The lowest BCUT2D eigenvalue weighted by Crippen LogP contribution is -2.61.